The van der Waals surface area contributed by atoms with Crippen LogP contribution in [-0.4, -0.2) is 30.9 Å². The maximum atomic E-state index is 9.97. The van der Waals surface area contributed by atoms with Gasteiger partial charge in [-0.1, -0.05) is 29.8 Å². The van der Waals surface area contributed by atoms with Crippen molar-refractivity contribution in [2.45, 2.75) is 25.9 Å². The Balaban J connectivity index is 1.32. The summed E-state index contributed by atoms with van der Waals surface area (Å²) in [6, 6.07) is 7.92. The van der Waals surface area contributed by atoms with Gasteiger partial charge in [-0.25, -0.2) is 0 Å². The second-order valence-electron chi connectivity index (χ2n) is 6.48. The average Bonchev–Trinajstić information content (AvgIpc) is 3.09. The van der Waals surface area contributed by atoms with E-state index < -0.39 is 6.10 Å². The van der Waals surface area contributed by atoms with Crippen molar-refractivity contribution in [2.75, 3.05) is 19.7 Å². The van der Waals surface area contributed by atoms with Crippen LogP contribution in [0.4, 0.5) is 0 Å². The Morgan fingerprint density at radius 1 is 1.24 bits per heavy atom. The van der Waals surface area contributed by atoms with Crippen molar-refractivity contribution in [1.82, 2.24) is 5.32 Å². The molecule has 4 atom stereocenters. The molecule has 1 aromatic carbocycles. The molecule has 0 aliphatic heterocycles. The van der Waals surface area contributed by atoms with Gasteiger partial charge in [0, 0.05) is 6.54 Å². The van der Waals surface area contributed by atoms with E-state index >= 15 is 0 Å². The molecule has 2 aliphatic rings. The summed E-state index contributed by atoms with van der Waals surface area (Å²) in [6.07, 6.45) is 6.93. The van der Waals surface area contributed by atoms with E-state index in [1.165, 1.54) is 18.4 Å². The van der Waals surface area contributed by atoms with Crippen LogP contribution in [0.3, 0.4) is 0 Å². The highest BCUT2D eigenvalue weighted by Crippen LogP contribution is 2.42. The zero-order valence-electron chi connectivity index (χ0n) is 12.7. The predicted octanol–water partition coefficient (Wildman–Crippen LogP) is 2.54. The lowest BCUT2D eigenvalue weighted by molar-refractivity contribution is 0.105. The lowest BCUT2D eigenvalue weighted by Gasteiger charge is -2.20. The normalized spacial score (nSPS) is 28.0. The van der Waals surface area contributed by atoms with Gasteiger partial charge in [-0.2, -0.15) is 0 Å². The zero-order valence-corrected chi connectivity index (χ0v) is 12.7. The van der Waals surface area contributed by atoms with Crippen molar-refractivity contribution in [1.29, 1.82) is 0 Å². The van der Waals surface area contributed by atoms with Gasteiger partial charge in [0.25, 0.3) is 0 Å². The standard InChI is InChI=1S/C18H25NO2/c1-13-2-6-18(7-3-13)21-12-17(20)11-19-10-16-9-14-4-5-15(16)8-14/h2-7,14-17,19-20H,8-12H2,1H3/t14-,15-,16+,17-/m0/s1. The summed E-state index contributed by atoms with van der Waals surface area (Å²) in [6.45, 7) is 4.00. The average molecular weight is 287 g/mol. The molecule has 0 heterocycles. The van der Waals surface area contributed by atoms with Crippen LogP contribution in [0.5, 0.6) is 5.75 Å². The summed E-state index contributed by atoms with van der Waals surface area (Å²) in [5.41, 5.74) is 1.21. The molecule has 114 valence electrons. The first-order chi connectivity index (χ1) is 10.2. The number of fused-ring (bicyclic) bond motifs is 2. The minimum absolute atomic E-state index is 0.340. The minimum atomic E-state index is -0.458. The lowest BCUT2D eigenvalue weighted by atomic mass is 9.93. The van der Waals surface area contributed by atoms with Crippen molar-refractivity contribution in [3.63, 3.8) is 0 Å². The fraction of sp³-hybridized carbons (Fsp3) is 0.556. The number of nitrogens with one attached hydrogen (secondary N) is 1. The molecule has 0 amide bonds. The molecule has 3 rings (SSSR count). The third-order valence-electron chi connectivity index (χ3n) is 4.67. The zero-order chi connectivity index (χ0) is 14.7. The summed E-state index contributed by atoms with van der Waals surface area (Å²) >= 11 is 0. The minimum Gasteiger partial charge on any atom is -0.491 e. The predicted molar refractivity (Wildman–Crippen MR) is 84.4 cm³/mol. The van der Waals surface area contributed by atoms with Crippen LogP contribution in [0.1, 0.15) is 18.4 Å². The Bertz CT molecular complexity index is 482. The van der Waals surface area contributed by atoms with Gasteiger partial charge in [0.05, 0.1) is 0 Å². The molecule has 0 aromatic heterocycles. The van der Waals surface area contributed by atoms with E-state index in [2.05, 4.69) is 17.5 Å². The molecule has 2 N–H and O–H groups in total. The molecular weight excluding hydrogens is 262 g/mol. The highest BCUT2D eigenvalue weighted by molar-refractivity contribution is 5.26. The van der Waals surface area contributed by atoms with Crippen LogP contribution < -0.4 is 10.1 Å². The number of aliphatic hydroxyl groups is 1. The second-order valence-corrected chi connectivity index (χ2v) is 6.48. The fourth-order valence-corrected chi connectivity index (χ4v) is 3.45. The van der Waals surface area contributed by atoms with E-state index in [1.807, 2.05) is 31.2 Å². The third kappa shape index (κ3) is 3.86. The van der Waals surface area contributed by atoms with Crippen LogP contribution in [0, 0.1) is 24.7 Å². The van der Waals surface area contributed by atoms with E-state index in [1.54, 1.807) is 0 Å². The summed E-state index contributed by atoms with van der Waals surface area (Å²) in [5.74, 6) is 3.16. The summed E-state index contributed by atoms with van der Waals surface area (Å²) in [4.78, 5) is 0. The Labute approximate surface area is 127 Å². The molecule has 1 fully saturated rings. The van der Waals surface area contributed by atoms with Gasteiger partial charge in [0.2, 0.25) is 0 Å². The monoisotopic (exact) mass is 287 g/mol. The highest BCUT2D eigenvalue weighted by Gasteiger charge is 2.34. The van der Waals surface area contributed by atoms with Gasteiger partial charge in [0.15, 0.2) is 0 Å². The van der Waals surface area contributed by atoms with Gasteiger partial charge >= 0.3 is 0 Å². The van der Waals surface area contributed by atoms with Crippen molar-refractivity contribution in [2.24, 2.45) is 17.8 Å². The topological polar surface area (TPSA) is 41.5 Å². The largest absolute Gasteiger partial charge is 0.491 e. The molecule has 3 heteroatoms. The first kappa shape index (κ1) is 14.6. The first-order valence-corrected chi connectivity index (χ1v) is 7.97. The maximum Gasteiger partial charge on any atom is 0.119 e. The van der Waals surface area contributed by atoms with Crippen LogP contribution in [0.25, 0.3) is 0 Å². The smallest absolute Gasteiger partial charge is 0.119 e. The van der Waals surface area contributed by atoms with Crippen LogP contribution in [0.2, 0.25) is 0 Å². The molecule has 2 aliphatic carbocycles. The van der Waals surface area contributed by atoms with Crippen molar-refractivity contribution in [3.8, 4) is 5.75 Å². The van der Waals surface area contributed by atoms with E-state index in [-0.39, 0.29) is 0 Å². The van der Waals surface area contributed by atoms with E-state index in [0.29, 0.717) is 13.2 Å². The maximum absolute atomic E-state index is 9.97. The summed E-state index contributed by atoms with van der Waals surface area (Å²) < 4.78 is 5.59. The number of benzene rings is 1. The molecule has 21 heavy (non-hydrogen) atoms. The Morgan fingerprint density at radius 2 is 2.05 bits per heavy atom. The van der Waals surface area contributed by atoms with Gasteiger partial charge < -0.3 is 15.2 Å². The van der Waals surface area contributed by atoms with Crippen molar-refractivity contribution in [3.05, 3.63) is 42.0 Å². The summed E-state index contributed by atoms with van der Waals surface area (Å²) in [7, 11) is 0. The van der Waals surface area contributed by atoms with E-state index in [9.17, 15) is 5.11 Å². The number of aliphatic hydroxyl groups excluding tert-OH is 1. The van der Waals surface area contributed by atoms with Gasteiger partial charge in [-0.3, -0.25) is 0 Å². The molecule has 0 spiro atoms. The second kappa shape index (κ2) is 6.63. The number of hydrogen-bond acceptors (Lipinski definition) is 3. The molecular formula is C18H25NO2. The van der Waals surface area contributed by atoms with Gasteiger partial charge in [0.1, 0.15) is 18.5 Å². The highest BCUT2D eigenvalue weighted by atomic mass is 16.5. The number of ether oxygens (including phenoxy) is 1. The van der Waals surface area contributed by atoms with Crippen LogP contribution >= 0.6 is 0 Å². The van der Waals surface area contributed by atoms with Gasteiger partial charge in [-0.05, 0) is 56.2 Å². The van der Waals surface area contributed by atoms with E-state index in [4.69, 9.17) is 4.74 Å². The molecule has 1 saturated carbocycles. The number of allylic oxidation sites excluding steroid dienone is 2. The Hall–Kier alpha value is -1.32. The van der Waals surface area contributed by atoms with Crippen LogP contribution in [0.15, 0.2) is 36.4 Å². The quantitative estimate of drug-likeness (QED) is 0.757. The lowest BCUT2D eigenvalue weighted by Crippen LogP contribution is -2.35. The number of aryl methyl sites for hydroxylation is 1. The summed E-state index contributed by atoms with van der Waals surface area (Å²) in [5, 5.41) is 13.4. The molecule has 0 saturated heterocycles. The third-order valence-corrected chi connectivity index (χ3v) is 4.67. The Kier molecular flexibility index (Phi) is 4.61. The van der Waals surface area contributed by atoms with Crippen molar-refractivity contribution < 1.29 is 9.84 Å². The van der Waals surface area contributed by atoms with Gasteiger partial charge in [-0.15, -0.1) is 0 Å². The molecule has 0 radical (unpaired) electrons. The Morgan fingerprint density at radius 3 is 2.71 bits per heavy atom. The first-order valence-electron chi connectivity index (χ1n) is 7.97. The van der Waals surface area contributed by atoms with Crippen LogP contribution in [-0.2, 0) is 0 Å². The fourth-order valence-electron chi connectivity index (χ4n) is 3.45. The number of hydrogen-bond donors (Lipinski definition) is 2. The van der Waals surface area contributed by atoms with E-state index in [0.717, 1.165) is 30.0 Å². The molecule has 2 bridgehead atoms. The SMILES string of the molecule is Cc1ccc(OC[C@@H](O)CNC[C@H]2C[C@H]3C=C[C@H]2C3)cc1. The molecule has 3 nitrogen and oxygen atoms in total. The van der Waals surface area contributed by atoms with Crippen molar-refractivity contribution >= 4 is 0 Å². The number of rotatable bonds is 7. The molecule has 0 unspecified atom stereocenters. The molecule has 1 aromatic rings.